The van der Waals surface area contributed by atoms with Gasteiger partial charge in [-0.25, -0.2) is 9.78 Å². The predicted molar refractivity (Wildman–Crippen MR) is 62.3 cm³/mol. The lowest BCUT2D eigenvalue weighted by molar-refractivity contribution is -0.147. The van der Waals surface area contributed by atoms with Gasteiger partial charge in [0.15, 0.2) is 6.04 Å². The normalized spacial score (nSPS) is 19.6. The minimum absolute atomic E-state index is 0.0207. The molecule has 96 valence electrons. The van der Waals surface area contributed by atoms with Crippen molar-refractivity contribution < 1.29 is 19.4 Å². The lowest BCUT2D eigenvalue weighted by Gasteiger charge is -2.32. The van der Waals surface area contributed by atoms with Crippen molar-refractivity contribution in [1.29, 1.82) is 0 Å². The topological polar surface area (TPSA) is 79.7 Å². The van der Waals surface area contributed by atoms with E-state index in [0.29, 0.717) is 6.61 Å². The summed E-state index contributed by atoms with van der Waals surface area (Å²) in [5, 5.41) is 9.06. The number of ether oxygens (including phenoxy) is 1. The van der Waals surface area contributed by atoms with E-state index in [2.05, 4.69) is 4.98 Å². The SMILES string of the molecule is Cc1cccc(C(=O)N2CCOCC2C(=O)O)n1. The maximum absolute atomic E-state index is 12.2. The molecule has 0 aromatic carbocycles. The number of pyridine rings is 1. The summed E-state index contributed by atoms with van der Waals surface area (Å²) in [5.74, 6) is -1.43. The van der Waals surface area contributed by atoms with E-state index in [9.17, 15) is 9.59 Å². The Morgan fingerprint density at radius 3 is 2.94 bits per heavy atom. The molecule has 2 rings (SSSR count). The summed E-state index contributed by atoms with van der Waals surface area (Å²) in [6, 6.07) is 4.16. The number of carboxylic acid groups (broad SMARTS) is 1. The fourth-order valence-electron chi connectivity index (χ4n) is 1.86. The summed E-state index contributed by atoms with van der Waals surface area (Å²) >= 11 is 0. The van der Waals surface area contributed by atoms with Crippen molar-refractivity contribution in [1.82, 2.24) is 9.88 Å². The van der Waals surface area contributed by atoms with Crippen LogP contribution in [0.5, 0.6) is 0 Å². The van der Waals surface area contributed by atoms with Gasteiger partial charge in [-0.2, -0.15) is 0 Å². The summed E-state index contributed by atoms with van der Waals surface area (Å²) in [5.41, 5.74) is 0.990. The van der Waals surface area contributed by atoms with Crippen LogP contribution in [0, 0.1) is 6.92 Å². The lowest BCUT2D eigenvalue weighted by atomic mass is 10.2. The Kier molecular flexibility index (Phi) is 3.57. The molecule has 6 heteroatoms. The summed E-state index contributed by atoms with van der Waals surface area (Å²) < 4.78 is 5.09. The molecule has 0 spiro atoms. The maximum atomic E-state index is 12.2. The summed E-state index contributed by atoms with van der Waals surface area (Å²) in [7, 11) is 0. The molecule has 1 fully saturated rings. The van der Waals surface area contributed by atoms with Crippen molar-refractivity contribution in [3.05, 3.63) is 29.6 Å². The van der Waals surface area contributed by atoms with Crippen molar-refractivity contribution in [2.24, 2.45) is 0 Å². The van der Waals surface area contributed by atoms with Crippen LogP contribution in [-0.2, 0) is 9.53 Å². The second kappa shape index (κ2) is 5.14. The first-order valence-electron chi connectivity index (χ1n) is 5.65. The quantitative estimate of drug-likeness (QED) is 0.817. The molecule has 1 atom stereocenters. The third kappa shape index (κ3) is 2.48. The maximum Gasteiger partial charge on any atom is 0.328 e. The van der Waals surface area contributed by atoms with Crippen molar-refractivity contribution in [2.75, 3.05) is 19.8 Å². The van der Waals surface area contributed by atoms with Crippen molar-refractivity contribution in [3.63, 3.8) is 0 Å². The van der Waals surface area contributed by atoms with Gasteiger partial charge in [-0.3, -0.25) is 4.79 Å². The van der Waals surface area contributed by atoms with Crippen molar-refractivity contribution >= 4 is 11.9 Å². The number of amides is 1. The Hall–Kier alpha value is -1.95. The molecule has 1 aromatic heterocycles. The standard InChI is InChI=1S/C12H14N2O4/c1-8-3-2-4-9(13-8)11(15)14-5-6-18-7-10(14)12(16)17/h2-4,10H,5-7H2,1H3,(H,16,17). The number of carbonyl (C=O) groups is 2. The lowest BCUT2D eigenvalue weighted by Crippen LogP contribution is -2.52. The average Bonchev–Trinajstić information content (AvgIpc) is 2.38. The van der Waals surface area contributed by atoms with Crippen LogP contribution in [0.3, 0.4) is 0 Å². The molecule has 0 bridgehead atoms. The van der Waals surface area contributed by atoms with Gasteiger partial charge in [0, 0.05) is 12.2 Å². The number of rotatable bonds is 2. The number of aromatic nitrogens is 1. The minimum Gasteiger partial charge on any atom is -0.480 e. The number of carboxylic acids is 1. The van der Waals surface area contributed by atoms with Crippen molar-refractivity contribution in [3.8, 4) is 0 Å². The van der Waals surface area contributed by atoms with Gasteiger partial charge in [0.2, 0.25) is 0 Å². The van der Waals surface area contributed by atoms with Crippen LogP contribution >= 0.6 is 0 Å². The molecule has 1 amide bonds. The Morgan fingerprint density at radius 2 is 2.28 bits per heavy atom. The van der Waals surface area contributed by atoms with E-state index in [1.165, 1.54) is 4.90 Å². The highest BCUT2D eigenvalue weighted by Crippen LogP contribution is 2.12. The van der Waals surface area contributed by atoms with E-state index < -0.39 is 12.0 Å². The summed E-state index contributed by atoms with van der Waals surface area (Å²) in [6.45, 7) is 2.42. The third-order valence-corrected chi connectivity index (χ3v) is 2.78. The van der Waals surface area contributed by atoms with Gasteiger partial charge < -0.3 is 14.7 Å². The molecular formula is C12H14N2O4. The van der Waals surface area contributed by atoms with Crippen LogP contribution in [0.2, 0.25) is 0 Å². The van der Waals surface area contributed by atoms with Crippen LogP contribution in [0.1, 0.15) is 16.2 Å². The van der Waals surface area contributed by atoms with Crippen LogP contribution < -0.4 is 0 Å². The van der Waals surface area contributed by atoms with Gasteiger partial charge in [-0.15, -0.1) is 0 Å². The molecule has 2 heterocycles. The number of hydrogen-bond donors (Lipinski definition) is 1. The van der Waals surface area contributed by atoms with Gasteiger partial charge in [0.25, 0.3) is 5.91 Å². The second-order valence-corrected chi connectivity index (χ2v) is 4.09. The van der Waals surface area contributed by atoms with Crippen molar-refractivity contribution in [2.45, 2.75) is 13.0 Å². The molecular weight excluding hydrogens is 236 g/mol. The number of aliphatic carboxylic acids is 1. The smallest absolute Gasteiger partial charge is 0.328 e. The van der Waals surface area contributed by atoms with E-state index in [0.717, 1.165) is 5.69 Å². The Bertz CT molecular complexity index is 475. The fraction of sp³-hybridized carbons (Fsp3) is 0.417. The molecule has 1 saturated heterocycles. The van der Waals surface area contributed by atoms with Crippen LogP contribution in [-0.4, -0.2) is 52.7 Å². The van der Waals surface area contributed by atoms with Gasteiger partial charge in [-0.05, 0) is 19.1 Å². The molecule has 1 aliphatic rings. The van der Waals surface area contributed by atoms with Crippen LogP contribution in [0.15, 0.2) is 18.2 Å². The van der Waals surface area contributed by atoms with Crippen LogP contribution in [0.4, 0.5) is 0 Å². The Balaban J connectivity index is 2.23. The zero-order valence-corrected chi connectivity index (χ0v) is 10.00. The van der Waals surface area contributed by atoms with Gasteiger partial charge in [0.1, 0.15) is 5.69 Å². The fourth-order valence-corrected chi connectivity index (χ4v) is 1.86. The first kappa shape index (κ1) is 12.5. The van der Waals surface area contributed by atoms with Crippen LogP contribution in [0.25, 0.3) is 0 Å². The molecule has 0 aliphatic carbocycles. The van der Waals surface area contributed by atoms with E-state index in [4.69, 9.17) is 9.84 Å². The number of hydrogen-bond acceptors (Lipinski definition) is 4. The number of carbonyl (C=O) groups excluding carboxylic acids is 1. The molecule has 1 aliphatic heterocycles. The van der Waals surface area contributed by atoms with Gasteiger partial charge >= 0.3 is 5.97 Å². The van der Waals surface area contributed by atoms with E-state index >= 15 is 0 Å². The minimum atomic E-state index is -1.06. The summed E-state index contributed by atoms with van der Waals surface area (Å²) in [6.07, 6.45) is 0. The zero-order valence-electron chi connectivity index (χ0n) is 10.00. The number of nitrogens with zero attached hydrogens (tertiary/aromatic N) is 2. The molecule has 1 unspecified atom stereocenters. The van der Waals surface area contributed by atoms with E-state index in [1.54, 1.807) is 25.1 Å². The first-order valence-corrected chi connectivity index (χ1v) is 5.65. The molecule has 6 nitrogen and oxygen atoms in total. The average molecular weight is 250 g/mol. The Labute approximate surface area is 104 Å². The molecule has 0 saturated carbocycles. The molecule has 1 N–H and O–H groups in total. The highest BCUT2D eigenvalue weighted by atomic mass is 16.5. The van der Waals surface area contributed by atoms with Gasteiger partial charge in [0.05, 0.1) is 13.2 Å². The zero-order chi connectivity index (χ0) is 13.1. The molecule has 18 heavy (non-hydrogen) atoms. The number of aryl methyl sites for hydroxylation is 1. The predicted octanol–water partition coefficient (Wildman–Crippen LogP) is 0.316. The Morgan fingerprint density at radius 1 is 1.50 bits per heavy atom. The highest BCUT2D eigenvalue weighted by molar-refractivity contribution is 5.95. The first-order chi connectivity index (χ1) is 8.59. The molecule has 1 aromatic rings. The monoisotopic (exact) mass is 250 g/mol. The largest absolute Gasteiger partial charge is 0.480 e. The molecule has 0 radical (unpaired) electrons. The second-order valence-electron chi connectivity index (χ2n) is 4.09. The third-order valence-electron chi connectivity index (χ3n) is 2.78. The van der Waals surface area contributed by atoms with E-state index in [-0.39, 0.29) is 24.8 Å². The number of morpholine rings is 1. The highest BCUT2D eigenvalue weighted by Gasteiger charge is 2.33. The van der Waals surface area contributed by atoms with Gasteiger partial charge in [-0.1, -0.05) is 6.07 Å². The summed E-state index contributed by atoms with van der Waals surface area (Å²) in [4.78, 5) is 28.7. The van der Waals surface area contributed by atoms with E-state index in [1.807, 2.05) is 0 Å².